The summed E-state index contributed by atoms with van der Waals surface area (Å²) in [4.78, 5) is 24.8. The molecule has 0 unspecified atom stereocenters. The second-order valence-corrected chi connectivity index (χ2v) is 3.79. The summed E-state index contributed by atoms with van der Waals surface area (Å²) in [7, 11) is 0. The van der Waals surface area contributed by atoms with Crippen LogP contribution in [-0.2, 0) is 0 Å². The lowest BCUT2D eigenvalue weighted by Crippen LogP contribution is -2.01. The van der Waals surface area contributed by atoms with Crippen LogP contribution in [0.25, 0.3) is 0 Å². The highest BCUT2D eigenvalue weighted by molar-refractivity contribution is 5.91. The smallest absolute Gasteiger partial charge is 0.339 e. The highest BCUT2D eigenvalue weighted by Crippen LogP contribution is 2.27. The summed E-state index contributed by atoms with van der Waals surface area (Å²) in [6.45, 7) is 0. The van der Waals surface area contributed by atoms with Crippen molar-refractivity contribution in [3.8, 4) is 5.75 Å². The number of hydrogen-bond acceptors (Lipinski definition) is 6. The van der Waals surface area contributed by atoms with Gasteiger partial charge in [0, 0.05) is 24.0 Å². The molecule has 0 fully saturated rings. The summed E-state index contributed by atoms with van der Waals surface area (Å²) in [6.07, 6.45) is 1.38. The fourth-order valence-electron chi connectivity index (χ4n) is 1.57. The molecule has 102 valence electrons. The molecule has 0 saturated carbocycles. The fraction of sp³-hybridized carbons (Fsp3) is 0. The van der Waals surface area contributed by atoms with Crippen LogP contribution in [0.4, 0.5) is 17.2 Å². The van der Waals surface area contributed by atoms with Crippen LogP contribution in [0.5, 0.6) is 5.75 Å². The number of carboxylic acid groups (broad SMARTS) is 1. The molecule has 0 saturated heterocycles. The number of pyridine rings is 1. The zero-order valence-electron chi connectivity index (χ0n) is 9.98. The molecule has 0 aliphatic heterocycles. The Morgan fingerprint density at radius 2 is 2.10 bits per heavy atom. The molecule has 2 rings (SSSR count). The number of carbonyl (C=O) groups is 1. The van der Waals surface area contributed by atoms with Crippen LogP contribution < -0.4 is 5.32 Å². The van der Waals surface area contributed by atoms with E-state index in [1.165, 1.54) is 30.5 Å². The topological polar surface area (TPSA) is 126 Å². The van der Waals surface area contributed by atoms with Gasteiger partial charge in [-0.15, -0.1) is 0 Å². The van der Waals surface area contributed by atoms with Gasteiger partial charge in [0.25, 0.3) is 0 Å². The van der Waals surface area contributed by atoms with Crippen LogP contribution in [0.2, 0.25) is 0 Å². The Hall–Kier alpha value is -3.16. The molecule has 1 aromatic carbocycles. The molecule has 20 heavy (non-hydrogen) atoms. The van der Waals surface area contributed by atoms with Crippen molar-refractivity contribution in [3.63, 3.8) is 0 Å². The predicted octanol–water partition coefficient (Wildman–Crippen LogP) is 2.14. The first kappa shape index (κ1) is 13.3. The highest BCUT2D eigenvalue weighted by atomic mass is 16.6. The number of anilines is 2. The molecule has 2 aromatic rings. The summed E-state index contributed by atoms with van der Waals surface area (Å²) in [5.41, 5.74) is -0.199. The number of rotatable bonds is 4. The van der Waals surface area contributed by atoms with Gasteiger partial charge in [-0.25, -0.2) is 9.78 Å². The van der Waals surface area contributed by atoms with Crippen molar-refractivity contribution in [2.45, 2.75) is 0 Å². The van der Waals surface area contributed by atoms with Gasteiger partial charge in [0.05, 0.1) is 4.92 Å². The Labute approximate surface area is 112 Å². The summed E-state index contributed by atoms with van der Waals surface area (Å²) >= 11 is 0. The molecular weight excluding hydrogens is 266 g/mol. The van der Waals surface area contributed by atoms with Gasteiger partial charge in [-0.2, -0.15) is 0 Å². The summed E-state index contributed by atoms with van der Waals surface area (Å²) in [5, 5.41) is 31.8. The lowest BCUT2D eigenvalue weighted by molar-refractivity contribution is -0.384. The molecule has 0 atom stereocenters. The van der Waals surface area contributed by atoms with Gasteiger partial charge in [0.2, 0.25) is 5.82 Å². The number of hydrogen-bond donors (Lipinski definition) is 3. The van der Waals surface area contributed by atoms with Crippen molar-refractivity contribution in [2.24, 2.45) is 0 Å². The molecular formula is C12H9N3O5. The highest BCUT2D eigenvalue weighted by Gasteiger charge is 2.15. The van der Waals surface area contributed by atoms with Crippen LogP contribution in [0.15, 0.2) is 36.5 Å². The van der Waals surface area contributed by atoms with Crippen LogP contribution in [0.3, 0.4) is 0 Å². The number of nitrogens with one attached hydrogen (secondary N) is 1. The lowest BCUT2D eigenvalue weighted by Gasteiger charge is -2.07. The number of benzene rings is 1. The zero-order valence-corrected chi connectivity index (χ0v) is 9.98. The van der Waals surface area contributed by atoms with Crippen molar-refractivity contribution in [2.75, 3.05) is 5.32 Å². The largest absolute Gasteiger partial charge is 0.507 e. The van der Waals surface area contributed by atoms with E-state index in [1.807, 2.05) is 0 Å². The molecule has 0 bridgehead atoms. The minimum absolute atomic E-state index is 0.0000231. The molecule has 1 heterocycles. The zero-order chi connectivity index (χ0) is 14.7. The molecule has 0 radical (unpaired) electrons. The van der Waals surface area contributed by atoms with Crippen LogP contribution >= 0.6 is 0 Å². The van der Waals surface area contributed by atoms with Crippen molar-refractivity contribution in [1.29, 1.82) is 0 Å². The second kappa shape index (κ2) is 5.22. The molecule has 1 aromatic heterocycles. The van der Waals surface area contributed by atoms with Crippen molar-refractivity contribution >= 4 is 23.2 Å². The average molecular weight is 275 g/mol. The van der Waals surface area contributed by atoms with Crippen LogP contribution in [0, 0.1) is 10.1 Å². The number of carboxylic acids is 1. The number of aromatic carboxylic acids is 1. The van der Waals surface area contributed by atoms with Crippen molar-refractivity contribution < 1.29 is 19.9 Å². The molecule has 0 amide bonds. The Bertz CT molecular complexity index is 687. The fourth-order valence-corrected chi connectivity index (χ4v) is 1.57. The first-order chi connectivity index (χ1) is 9.49. The van der Waals surface area contributed by atoms with E-state index in [2.05, 4.69) is 10.3 Å². The quantitative estimate of drug-likeness (QED) is 0.576. The molecule has 3 N–H and O–H groups in total. The van der Waals surface area contributed by atoms with Crippen LogP contribution in [0.1, 0.15) is 10.4 Å². The van der Waals surface area contributed by atoms with E-state index in [1.54, 1.807) is 0 Å². The third-order valence-corrected chi connectivity index (χ3v) is 2.47. The molecule has 8 nitrogen and oxygen atoms in total. The number of phenols is 1. The van der Waals surface area contributed by atoms with E-state index in [-0.39, 0.29) is 22.8 Å². The van der Waals surface area contributed by atoms with Gasteiger partial charge in [-0.05, 0) is 18.2 Å². The first-order valence-corrected chi connectivity index (χ1v) is 5.42. The maximum atomic E-state index is 10.8. The summed E-state index contributed by atoms with van der Waals surface area (Å²) in [6, 6.07) is 6.42. The van der Waals surface area contributed by atoms with E-state index in [0.717, 1.165) is 6.07 Å². The Balaban J connectivity index is 2.34. The molecule has 0 aliphatic carbocycles. The minimum atomic E-state index is -1.27. The van der Waals surface area contributed by atoms with E-state index in [0.29, 0.717) is 0 Å². The summed E-state index contributed by atoms with van der Waals surface area (Å²) in [5.74, 6) is -1.71. The SMILES string of the molecule is O=C(O)c1ccc(Nc2ncccc2[N+](=O)[O-])cc1O. The third-order valence-electron chi connectivity index (χ3n) is 2.47. The van der Waals surface area contributed by atoms with Gasteiger partial charge in [-0.1, -0.05) is 0 Å². The third kappa shape index (κ3) is 2.64. The normalized spacial score (nSPS) is 10.0. The number of nitrogens with zero attached hydrogens (tertiary/aromatic N) is 2. The minimum Gasteiger partial charge on any atom is -0.507 e. The molecule has 0 aliphatic rings. The maximum absolute atomic E-state index is 10.8. The second-order valence-electron chi connectivity index (χ2n) is 3.79. The maximum Gasteiger partial charge on any atom is 0.339 e. The Kier molecular flexibility index (Phi) is 3.47. The van der Waals surface area contributed by atoms with Gasteiger partial charge in [0.15, 0.2) is 0 Å². The lowest BCUT2D eigenvalue weighted by atomic mass is 10.2. The van der Waals surface area contributed by atoms with Gasteiger partial charge >= 0.3 is 11.7 Å². The standard InChI is InChI=1S/C12H9N3O5/c16-10-6-7(3-4-8(10)12(17)18)14-11-9(15(19)20)2-1-5-13-11/h1-6,16H,(H,13,14)(H,17,18). The molecule has 0 spiro atoms. The predicted molar refractivity (Wildman–Crippen MR) is 69.2 cm³/mol. The number of nitro groups is 1. The number of aromatic nitrogens is 1. The van der Waals surface area contributed by atoms with Gasteiger partial charge < -0.3 is 15.5 Å². The molecule has 8 heteroatoms. The van der Waals surface area contributed by atoms with E-state index < -0.39 is 16.6 Å². The van der Waals surface area contributed by atoms with Gasteiger partial charge in [-0.3, -0.25) is 10.1 Å². The van der Waals surface area contributed by atoms with Crippen molar-refractivity contribution in [3.05, 3.63) is 52.2 Å². The average Bonchev–Trinajstić information content (AvgIpc) is 2.38. The first-order valence-electron chi connectivity index (χ1n) is 5.42. The Morgan fingerprint density at radius 3 is 2.70 bits per heavy atom. The summed E-state index contributed by atoms with van der Waals surface area (Å²) < 4.78 is 0. The van der Waals surface area contributed by atoms with Crippen molar-refractivity contribution in [1.82, 2.24) is 4.98 Å². The van der Waals surface area contributed by atoms with E-state index in [4.69, 9.17) is 5.11 Å². The van der Waals surface area contributed by atoms with Crippen LogP contribution in [-0.4, -0.2) is 26.1 Å². The van der Waals surface area contributed by atoms with E-state index in [9.17, 15) is 20.0 Å². The monoisotopic (exact) mass is 275 g/mol. The number of aromatic hydroxyl groups is 1. The van der Waals surface area contributed by atoms with Gasteiger partial charge in [0.1, 0.15) is 11.3 Å². The van der Waals surface area contributed by atoms with E-state index >= 15 is 0 Å². The Morgan fingerprint density at radius 1 is 1.35 bits per heavy atom.